The molecule has 0 saturated carbocycles. The van der Waals surface area contributed by atoms with E-state index in [4.69, 9.17) is 15.0 Å². The Kier molecular flexibility index (Phi) is 11.5. The standard InChI is InChI=1S/C65H45F3N4Si/c1-44-38-49(40-50(39-44)65(66,67)68)47-34-37-61-59(42-47)56-32-17-18-33-60(56)72(61)51-35-36-57(64-70-62(45-20-7-2-8-21-45)69-63(71-64)46-22-9-3-10-23-46)58(43-51)48-24-19-31-55(41-48)73(52-25-11-4-12-26-52,53-27-13-5-14-28-53)54-29-15-6-16-30-54/h2-43H,1H3. The van der Waals surface area contributed by atoms with E-state index in [9.17, 15) is 13.2 Å². The highest BCUT2D eigenvalue weighted by Crippen LogP contribution is 2.40. The highest BCUT2D eigenvalue weighted by atomic mass is 28.3. The van der Waals surface area contributed by atoms with Crippen molar-refractivity contribution < 1.29 is 13.2 Å². The molecule has 12 rings (SSSR count). The zero-order chi connectivity index (χ0) is 49.5. The summed E-state index contributed by atoms with van der Waals surface area (Å²) in [6, 6.07) is 86.6. The van der Waals surface area contributed by atoms with Gasteiger partial charge in [0.15, 0.2) is 25.5 Å². The molecule has 0 amide bonds. The fraction of sp³-hybridized carbons (Fsp3) is 0.0308. The monoisotopic (exact) mass is 966 g/mol. The molecule has 8 heteroatoms. The van der Waals surface area contributed by atoms with E-state index in [-0.39, 0.29) is 0 Å². The van der Waals surface area contributed by atoms with Gasteiger partial charge in [-0.2, -0.15) is 13.2 Å². The first kappa shape index (κ1) is 45.2. The first-order valence-corrected chi connectivity index (χ1v) is 26.2. The molecule has 4 nitrogen and oxygen atoms in total. The third-order valence-corrected chi connectivity index (χ3v) is 18.6. The smallest absolute Gasteiger partial charge is 0.309 e. The van der Waals surface area contributed by atoms with Crippen LogP contribution >= 0.6 is 0 Å². The van der Waals surface area contributed by atoms with Crippen molar-refractivity contribution >= 4 is 50.6 Å². The SMILES string of the molecule is Cc1cc(-c2ccc3c(c2)c2ccccc2n3-c2ccc(-c3nc(-c4ccccc4)nc(-c4ccccc4)n3)c(-c3cccc([Si](c4ccccc4)(c4ccccc4)c4ccccc4)c3)c2)cc(C(F)(F)F)c1. The first-order chi connectivity index (χ1) is 35.7. The summed E-state index contributed by atoms with van der Waals surface area (Å²) in [4.78, 5) is 15.6. The number of hydrogen-bond donors (Lipinski definition) is 0. The van der Waals surface area contributed by atoms with Gasteiger partial charge >= 0.3 is 6.18 Å². The Morgan fingerprint density at radius 3 is 1.45 bits per heavy atom. The molecule has 73 heavy (non-hydrogen) atoms. The summed E-state index contributed by atoms with van der Waals surface area (Å²) in [6.07, 6.45) is -4.47. The van der Waals surface area contributed by atoms with E-state index in [1.54, 1.807) is 6.92 Å². The number of hydrogen-bond acceptors (Lipinski definition) is 3. The molecule has 0 aliphatic carbocycles. The predicted molar refractivity (Wildman–Crippen MR) is 295 cm³/mol. The van der Waals surface area contributed by atoms with Crippen LogP contribution in [0.1, 0.15) is 11.1 Å². The molecule has 0 spiro atoms. The summed E-state index contributed by atoms with van der Waals surface area (Å²) in [5.41, 5.74) is 8.36. The number of alkyl halides is 3. The largest absolute Gasteiger partial charge is 0.416 e. The van der Waals surface area contributed by atoms with Gasteiger partial charge in [0.2, 0.25) is 0 Å². The summed E-state index contributed by atoms with van der Waals surface area (Å²) in [7, 11) is -2.97. The lowest BCUT2D eigenvalue weighted by Gasteiger charge is -2.34. The number of aryl methyl sites for hydroxylation is 1. The van der Waals surface area contributed by atoms with Gasteiger partial charge < -0.3 is 4.57 Å². The Morgan fingerprint density at radius 2 is 0.863 bits per heavy atom. The van der Waals surface area contributed by atoms with Crippen LogP contribution in [0.2, 0.25) is 0 Å². The molecule has 0 unspecified atom stereocenters. The Morgan fingerprint density at radius 1 is 0.356 bits per heavy atom. The second-order valence-electron chi connectivity index (χ2n) is 18.4. The fourth-order valence-corrected chi connectivity index (χ4v) is 15.4. The van der Waals surface area contributed by atoms with Crippen molar-refractivity contribution in [3.8, 4) is 62.1 Å². The lowest BCUT2D eigenvalue weighted by Crippen LogP contribution is -2.74. The molecule has 350 valence electrons. The van der Waals surface area contributed by atoms with Crippen molar-refractivity contribution in [3.63, 3.8) is 0 Å². The van der Waals surface area contributed by atoms with Gasteiger partial charge in [-0.15, -0.1) is 0 Å². The molecule has 0 aliphatic heterocycles. The topological polar surface area (TPSA) is 43.6 Å². The van der Waals surface area contributed by atoms with Gasteiger partial charge in [-0.05, 0) is 104 Å². The van der Waals surface area contributed by atoms with Gasteiger partial charge in [0.25, 0.3) is 0 Å². The number of rotatable bonds is 10. The molecule has 2 heterocycles. The van der Waals surface area contributed by atoms with Crippen LogP contribution in [0, 0.1) is 6.92 Å². The van der Waals surface area contributed by atoms with Crippen molar-refractivity contribution in [3.05, 3.63) is 266 Å². The second kappa shape index (κ2) is 18.6. The Hall–Kier alpha value is -8.98. The molecule has 10 aromatic carbocycles. The lowest BCUT2D eigenvalue weighted by atomic mass is 9.97. The molecule has 0 radical (unpaired) electrons. The third kappa shape index (κ3) is 8.31. The number of nitrogens with zero attached hydrogens (tertiary/aromatic N) is 4. The Bertz CT molecular complexity index is 3800. The van der Waals surface area contributed by atoms with Gasteiger partial charge in [-0.25, -0.2) is 15.0 Å². The van der Waals surface area contributed by atoms with Crippen molar-refractivity contribution in [1.82, 2.24) is 19.5 Å². The normalized spacial score (nSPS) is 11.8. The van der Waals surface area contributed by atoms with Crippen molar-refractivity contribution in [2.24, 2.45) is 0 Å². The summed E-state index contributed by atoms with van der Waals surface area (Å²) >= 11 is 0. The zero-order valence-electron chi connectivity index (χ0n) is 39.7. The average Bonchev–Trinajstić information content (AvgIpc) is 3.78. The number of fused-ring (bicyclic) bond motifs is 3. The van der Waals surface area contributed by atoms with Crippen LogP contribution in [0.4, 0.5) is 13.2 Å². The quantitative estimate of drug-likeness (QED) is 0.101. The minimum atomic E-state index is -4.47. The summed E-state index contributed by atoms with van der Waals surface area (Å²) in [5, 5.41) is 6.92. The molecule has 0 aliphatic rings. The van der Waals surface area contributed by atoms with E-state index in [2.05, 4.69) is 150 Å². The van der Waals surface area contributed by atoms with Gasteiger partial charge in [0, 0.05) is 33.2 Å². The minimum absolute atomic E-state index is 0.515. The Balaban J connectivity index is 1.12. The molecule has 2 aromatic heterocycles. The molecule has 0 bridgehead atoms. The molecular formula is C65H45F3N4Si. The fourth-order valence-electron chi connectivity index (χ4n) is 10.6. The maximum absolute atomic E-state index is 14.1. The maximum Gasteiger partial charge on any atom is 0.416 e. The van der Waals surface area contributed by atoms with Crippen LogP contribution in [-0.2, 0) is 6.18 Å². The van der Waals surface area contributed by atoms with Crippen LogP contribution < -0.4 is 20.7 Å². The third-order valence-electron chi connectivity index (χ3n) is 13.8. The van der Waals surface area contributed by atoms with Crippen molar-refractivity contribution in [2.75, 3.05) is 0 Å². The van der Waals surface area contributed by atoms with E-state index >= 15 is 0 Å². The second-order valence-corrected chi connectivity index (χ2v) is 22.2. The van der Waals surface area contributed by atoms with Crippen molar-refractivity contribution in [2.45, 2.75) is 13.1 Å². The van der Waals surface area contributed by atoms with Crippen LogP contribution in [-0.4, -0.2) is 27.6 Å². The highest BCUT2D eigenvalue weighted by molar-refractivity contribution is 7.19. The summed E-state index contributed by atoms with van der Waals surface area (Å²) in [5.74, 6) is 1.65. The van der Waals surface area contributed by atoms with Crippen LogP contribution in [0.25, 0.3) is 83.9 Å². The molecule has 0 atom stereocenters. The number of para-hydroxylation sites is 1. The van der Waals surface area contributed by atoms with Crippen LogP contribution in [0.3, 0.4) is 0 Å². The van der Waals surface area contributed by atoms with Gasteiger partial charge in [0.1, 0.15) is 0 Å². The molecular weight excluding hydrogens is 922 g/mol. The molecule has 0 fully saturated rings. The van der Waals surface area contributed by atoms with E-state index in [0.29, 0.717) is 34.2 Å². The molecule has 0 N–H and O–H groups in total. The van der Waals surface area contributed by atoms with E-state index in [1.165, 1.54) is 32.9 Å². The van der Waals surface area contributed by atoms with Crippen LogP contribution in [0.15, 0.2) is 255 Å². The first-order valence-electron chi connectivity index (χ1n) is 24.2. The van der Waals surface area contributed by atoms with Crippen molar-refractivity contribution in [1.29, 1.82) is 0 Å². The number of halogens is 3. The maximum atomic E-state index is 14.1. The van der Waals surface area contributed by atoms with Crippen LogP contribution in [0.5, 0.6) is 0 Å². The Labute approximate surface area is 422 Å². The van der Waals surface area contributed by atoms with E-state index < -0.39 is 19.8 Å². The van der Waals surface area contributed by atoms with Gasteiger partial charge in [-0.1, -0.05) is 206 Å². The number of benzene rings is 10. The predicted octanol–water partition coefficient (Wildman–Crippen LogP) is 14.0. The van der Waals surface area contributed by atoms with E-state index in [0.717, 1.165) is 55.3 Å². The van der Waals surface area contributed by atoms with E-state index in [1.807, 2.05) is 97.1 Å². The summed E-state index contributed by atoms with van der Waals surface area (Å²) < 4.78 is 44.6. The highest BCUT2D eigenvalue weighted by Gasteiger charge is 2.41. The molecule has 12 aromatic rings. The minimum Gasteiger partial charge on any atom is -0.309 e. The van der Waals surface area contributed by atoms with Gasteiger partial charge in [-0.3, -0.25) is 0 Å². The molecule has 0 saturated heterocycles. The number of aromatic nitrogens is 4. The zero-order valence-corrected chi connectivity index (χ0v) is 40.7. The lowest BCUT2D eigenvalue weighted by molar-refractivity contribution is -0.137. The average molecular weight is 967 g/mol. The van der Waals surface area contributed by atoms with Gasteiger partial charge in [0.05, 0.1) is 16.6 Å². The summed E-state index contributed by atoms with van der Waals surface area (Å²) in [6.45, 7) is 1.70.